The first-order chi connectivity index (χ1) is 16.1. The molecule has 1 aromatic heterocycles. The van der Waals surface area contributed by atoms with Crippen molar-refractivity contribution in [1.82, 2.24) is 10.3 Å². The molecule has 3 aromatic rings. The van der Waals surface area contributed by atoms with Crippen LogP contribution >= 0.6 is 0 Å². The zero-order valence-corrected chi connectivity index (χ0v) is 18.7. The number of hydrogen-bond acceptors (Lipinski definition) is 4. The second-order valence-corrected chi connectivity index (χ2v) is 8.76. The van der Waals surface area contributed by atoms with Gasteiger partial charge in [-0.25, -0.2) is 4.79 Å². The molecule has 2 aliphatic carbocycles. The van der Waals surface area contributed by atoms with Gasteiger partial charge in [-0.3, -0.25) is 4.98 Å². The first-order valence-electron chi connectivity index (χ1n) is 11.4. The van der Waals surface area contributed by atoms with E-state index in [0.29, 0.717) is 0 Å². The topological polar surface area (TPSA) is 83.8 Å². The number of rotatable bonds is 5. The molecule has 1 amide bonds. The first kappa shape index (κ1) is 21.2. The van der Waals surface area contributed by atoms with Crippen LogP contribution in [-0.4, -0.2) is 29.0 Å². The van der Waals surface area contributed by atoms with E-state index < -0.39 is 11.6 Å². The third-order valence-electron chi connectivity index (χ3n) is 6.79. The molecule has 1 saturated carbocycles. The second kappa shape index (κ2) is 8.70. The summed E-state index contributed by atoms with van der Waals surface area (Å²) in [7, 11) is 1.58. The summed E-state index contributed by atoms with van der Waals surface area (Å²) in [6.45, 7) is 0. The van der Waals surface area contributed by atoms with Gasteiger partial charge in [-0.1, -0.05) is 59.8 Å². The van der Waals surface area contributed by atoms with Crippen molar-refractivity contribution in [3.05, 3.63) is 77.5 Å². The molecule has 33 heavy (non-hydrogen) atoms. The third kappa shape index (κ3) is 3.97. The molecule has 0 atom stereocenters. The van der Waals surface area contributed by atoms with E-state index >= 15 is 0 Å². The Bertz CT molecular complexity index is 1200. The van der Waals surface area contributed by atoms with Crippen molar-refractivity contribution < 1.29 is 14.7 Å². The van der Waals surface area contributed by atoms with Gasteiger partial charge in [0.25, 0.3) is 0 Å². The molecule has 6 heteroatoms. The van der Waals surface area contributed by atoms with Crippen LogP contribution in [0, 0.1) is 0 Å². The summed E-state index contributed by atoms with van der Waals surface area (Å²) in [6, 6.07) is 20.7. The van der Waals surface area contributed by atoms with E-state index in [-0.39, 0.29) is 0 Å². The summed E-state index contributed by atoms with van der Waals surface area (Å²) in [5.74, 6) is 0. The first-order valence-corrected chi connectivity index (χ1v) is 11.4. The van der Waals surface area contributed by atoms with Gasteiger partial charge in [0.2, 0.25) is 0 Å². The highest BCUT2D eigenvalue weighted by Gasteiger charge is 2.40. The minimum atomic E-state index is -0.977. The maximum Gasteiger partial charge on any atom is 0.405 e. The lowest BCUT2D eigenvalue weighted by atomic mass is 9.71. The maximum atomic E-state index is 11.3. The summed E-state index contributed by atoms with van der Waals surface area (Å²) in [5, 5.41) is 16.3. The van der Waals surface area contributed by atoms with Crippen LogP contribution in [0.1, 0.15) is 48.9 Å². The third-order valence-corrected chi connectivity index (χ3v) is 6.79. The van der Waals surface area contributed by atoms with E-state index in [0.717, 1.165) is 83.4 Å². The molecule has 2 aromatic carbocycles. The molecule has 1 heterocycles. The summed E-state index contributed by atoms with van der Waals surface area (Å²) in [6.07, 6.45) is 4.48. The monoisotopic (exact) mass is 441 g/mol. The second-order valence-electron chi connectivity index (χ2n) is 8.76. The Hall–Kier alpha value is -3.67. The number of carboxylic acid groups (broad SMARTS) is 1. The van der Waals surface area contributed by atoms with E-state index in [9.17, 15) is 9.90 Å². The van der Waals surface area contributed by atoms with Gasteiger partial charge in [-0.15, -0.1) is 0 Å². The normalized spacial score (nSPS) is 17.7. The van der Waals surface area contributed by atoms with Crippen molar-refractivity contribution >= 4 is 11.8 Å². The van der Waals surface area contributed by atoms with Gasteiger partial charge in [0.05, 0.1) is 22.6 Å². The Kier molecular flexibility index (Phi) is 5.58. The lowest BCUT2D eigenvalue weighted by molar-refractivity contribution is 0.144. The van der Waals surface area contributed by atoms with Gasteiger partial charge >= 0.3 is 6.09 Å². The van der Waals surface area contributed by atoms with Crippen molar-refractivity contribution in [3.8, 4) is 22.4 Å². The van der Waals surface area contributed by atoms with Gasteiger partial charge in [-0.05, 0) is 55.7 Å². The molecule has 0 bridgehead atoms. The molecular formula is C27H27N3O3. The number of amides is 1. The fourth-order valence-electron chi connectivity index (χ4n) is 4.98. The van der Waals surface area contributed by atoms with E-state index in [2.05, 4.69) is 40.8 Å². The number of benzene rings is 2. The average Bonchev–Trinajstić information content (AvgIpc) is 2.82. The Morgan fingerprint density at radius 3 is 2.39 bits per heavy atom. The van der Waals surface area contributed by atoms with Gasteiger partial charge in [0.1, 0.15) is 7.11 Å². The Labute approximate surface area is 193 Å². The molecule has 0 aliphatic heterocycles. The standard InChI is InChI=1S/C27H27N3O3/c1-33-30-24-10-5-9-23-22(24)17-21(18-7-3-2-4-8-18)25(28-23)19-11-13-20(14-12-19)27(15-6-16-27)29-26(31)32/h2-4,7-8,11-14,17,29H,5-6,9-10,15-16H2,1H3,(H,31,32). The Balaban J connectivity index is 1.60. The van der Waals surface area contributed by atoms with Crippen LogP contribution < -0.4 is 5.32 Å². The van der Waals surface area contributed by atoms with Crippen molar-refractivity contribution in [1.29, 1.82) is 0 Å². The van der Waals surface area contributed by atoms with Crippen LogP contribution in [-0.2, 0) is 16.8 Å². The van der Waals surface area contributed by atoms with Gasteiger partial charge in [0.15, 0.2) is 0 Å². The zero-order chi connectivity index (χ0) is 22.8. The molecule has 2 N–H and O–H groups in total. The predicted octanol–water partition coefficient (Wildman–Crippen LogP) is 5.75. The summed E-state index contributed by atoms with van der Waals surface area (Å²) in [5.41, 5.74) is 7.67. The maximum absolute atomic E-state index is 11.3. The van der Waals surface area contributed by atoms with Crippen molar-refractivity contribution in [2.45, 2.75) is 44.1 Å². The fraction of sp³-hybridized carbons (Fsp3) is 0.296. The van der Waals surface area contributed by atoms with E-state index in [1.165, 1.54) is 0 Å². The molecule has 6 nitrogen and oxygen atoms in total. The number of hydrogen-bond donors (Lipinski definition) is 2. The largest absolute Gasteiger partial charge is 0.465 e. The summed E-state index contributed by atoms with van der Waals surface area (Å²) < 4.78 is 0. The molecule has 0 unspecified atom stereocenters. The van der Waals surface area contributed by atoms with Gasteiger partial charge < -0.3 is 15.3 Å². The highest BCUT2D eigenvalue weighted by atomic mass is 16.6. The molecule has 0 saturated heterocycles. The summed E-state index contributed by atoms with van der Waals surface area (Å²) in [4.78, 5) is 21.6. The summed E-state index contributed by atoms with van der Waals surface area (Å²) >= 11 is 0. The van der Waals surface area contributed by atoms with Crippen LogP contribution in [0.2, 0.25) is 0 Å². The smallest absolute Gasteiger partial charge is 0.405 e. The van der Waals surface area contributed by atoms with Crippen LogP contribution in [0.5, 0.6) is 0 Å². The van der Waals surface area contributed by atoms with Crippen molar-refractivity contribution in [2.75, 3.05) is 7.11 Å². The van der Waals surface area contributed by atoms with Gasteiger partial charge in [-0.2, -0.15) is 0 Å². The van der Waals surface area contributed by atoms with Crippen LogP contribution in [0.3, 0.4) is 0 Å². The molecule has 168 valence electrons. The van der Waals surface area contributed by atoms with Crippen molar-refractivity contribution in [3.63, 3.8) is 0 Å². The highest BCUT2D eigenvalue weighted by molar-refractivity contribution is 6.03. The van der Waals surface area contributed by atoms with Crippen molar-refractivity contribution in [2.24, 2.45) is 5.16 Å². The number of nitrogens with zero attached hydrogens (tertiary/aromatic N) is 2. The number of oxime groups is 1. The molecule has 0 radical (unpaired) electrons. The number of aromatic nitrogens is 1. The van der Waals surface area contributed by atoms with Crippen LogP contribution in [0.25, 0.3) is 22.4 Å². The zero-order valence-electron chi connectivity index (χ0n) is 18.7. The number of aryl methyl sites for hydroxylation is 1. The van der Waals surface area contributed by atoms with Crippen LogP contribution in [0.15, 0.2) is 65.8 Å². The number of carbonyl (C=O) groups is 1. The molecule has 1 fully saturated rings. The Morgan fingerprint density at radius 1 is 1.00 bits per heavy atom. The van der Waals surface area contributed by atoms with Gasteiger partial charge in [0, 0.05) is 16.7 Å². The quantitative estimate of drug-likeness (QED) is 0.494. The van der Waals surface area contributed by atoms with E-state index in [4.69, 9.17) is 9.82 Å². The van der Waals surface area contributed by atoms with Crippen LogP contribution in [0.4, 0.5) is 4.79 Å². The number of pyridine rings is 1. The molecule has 0 spiro atoms. The number of nitrogens with one attached hydrogen (secondary N) is 1. The van der Waals surface area contributed by atoms with E-state index in [1.54, 1.807) is 7.11 Å². The predicted molar refractivity (Wildman–Crippen MR) is 128 cm³/mol. The SMILES string of the molecule is CON=C1CCCc2nc(-c3ccc(C4(NC(=O)O)CCC4)cc3)c(-c3ccccc3)cc21. The molecular weight excluding hydrogens is 414 g/mol. The minimum absolute atomic E-state index is 0.471. The fourth-order valence-corrected chi connectivity index (χ4v) is 4.98. The highest BCUT2D eigenvalue weighted by Crippen LogP contribution is 2.42. The van der Waals surface area contributed by atoms with E-state index in [1.807, 2.05) is 30.3 Å². The number of fused-ring (bicyclic) bond motifs is 1. The lowest BCUT2D eigenvalue weighted by Gasteiger charge is -2.42. The molecule has 5 rings (SSSR count). The minimum Gasteiger partial charge on any atom is -0.465 e. The average molecular weight is 442 g/mol. The molecule has 2 aliphatic rings. The Morgan fingerprint density at radius 2 is 1.76 bits per heavy atom. The lowest BCUT2D eigenvalue weighted by Crippen LogP contribution is -2.50.